The van der Waals surface area contributed by atoms with Gasteiger partial charge in [-0.2, -0.15) is 0 Å². The van der Waals surface area contributed by atoms with E-state index in [0.29, 0.717) is 6.42 Å². The van der Waals surface area contributed by atoms with Crippen LogP contribution in [-0.4, -0.2) is 26.0 Å². The summed E-state index contributed by atoms with van der Waals surface area (Å²) >= 11 is 0. The van der Waals surface area contributed by atoms with E-state index in [9.17, 15) is 13.2 Å². The first kappa shape index (κ1) is 16.2. The van der Waals surface area contributed by atoms with Crippen molar-refractivity contribution in [3.8, 4) is 0 Å². The standard InChI is InChI=1S/C16H17NO4S/c1-12(16(18)19)5-4-10-17-22(20,21)15-9-8-13-6-2-3-7-14(13)11-15/h2-3,6-9,11,17H,1,4-5,10H2,(H,18,19). The highest BCUT2D eigenvalue weighted by Crippen LogP contribution is 2.18. The molecule has 0 radical (unpaired) electrons. The molecule has 6 heteroatoms. The van der Waals surface area contributed by atoms with E-state index in [4.69, 9.17) is 5.11 Å². The average Bonchev–Trinajstić information content (AvgIpc) is 2.50. The highest BCUT2D eigenvalue weighted by Gasteiger charge is 2.14. The predicted molar refractivity (Wildman–Crippen MR) is 85.1 cm³/mol. The summed E-state index contributed by atoms with van der Waals surface area (Å²) in [6.07, 6.45) is 0.632. The van der Waals surface area contributed by atoms with Crippen LogP contribution in [-0.2, 0) is 14.8 Å². The van der Waals surface area contributed by atoms with Gasteiger partial charge in [0.15, 0.2) is 0 Å². The smallest absolute Gasteiger partial charge is 0.330 e. The molecule has 0 amide bonds. The largest absolute Gasteiger partial charge is 0.478 e. The fourth-order valence-corrected chi connectivity index (χ4v) is 3.14. The number of hydrogen-bond acceptors (Lipinski definition) is 3. The number of benzene rings is 2. The molecule has 116 valence electrons. The van der Waals surface area contributed by atoms with Gasteiger partial charge in [-0.05, 0) is 35.7 Å². The van der Waals surface area contributed by atoms with Crippen LogP contribution in [0.2, 0.25) is 0 Å². The van der Waals surface area contributed by atoms with Crippen molar-refractivity contribution < 1.29 is 18.3 Å². The van der Waals surface area contributed by atoms with E-state index in [2.05, 4.69) is 11.3 Å². The first-order chi connectivity index (χ1) is 10.4. The molecule has 0 aliphatic carbocycles. The fourth-order valence-electron chi connectivity index (χ4n) is 2.03. The molecule has 0 aromatic heterocycles. The van der Waals surface area contributed by atoms with Crippen molar-refractivity contribution in [2.24, 2.45) is 0 Å². The van der Waals surface area contributed by atoms with Crippen molar-refractivity contribution in [1.29, 1.82) is 0 Å². The lowest BCUT2D eigenvalue weighted by molar-refractivity contribution is -0.132. The summed E-state index contributed by atoms with van der Waals surface area (Å²) in [6, 6.07) is 12.4. The van der Waals surface area contributed by atoms with Crippen LogP contribution in [0.1, 0.15) is 12.8 Å². The van der Waals surface area contributed by atoms with Crippen LogP contribution in [0.4, 0.5) is 0 Å². The van der Waals surface area contributed by atoms with Gasteiger partial charge in [0.1, 0.15) is 0 Å². The zero-order valence-electron chi connectivity index (χ0n) is 12.0. The van der Waals surface area contributed by atoms with Crippen LogP contribution in [0, 0.1) is 0 Å². The van der Waals surface area contributed by atoms with Crippen LogP contribution in [0.3, 0.4) is 0 Å². The molecular formula is C16H17NO4S. The average molecular weight is 319 g/mol. The molecule has 0 bridgehead atoms. The molecule has 0 unspecified atom stereocenters. The maximum absolute atomic E-state index is 12.2. The van der Waals surface area contributed by atoms with Crippen LogP contribution >= 0.6 is 0 Å². The van der Waals surface area contributed by atoms with Gasteiger partial charge >= 0.3 is 5.97 Å². The topological polar surface area (TPSA) is 83.5 Å². The van der Waals surface area contributed by atoms with Gasteiger partial charge in [-0.3, -0.25) is 0 Å². The normalized spacial score (nSPS) is 11.5. The van der Waals surface area contributed by atoms with Crippen LogP contribution in [0.5, 0.6) is 0 Å². The number of rotatable bonds is 7. The number of sulfonamides is 1. The lowest BCUT2D eigenvalue weighted by Crippen LogP contribution is -2.25. The summed E-state index contributed by atoms with van der Waals surface area (Å²) in [5.41, 5.74) is 0.0740. The van der Waals surface area contributed by atoms with Crippen molar-refractivity contribution in [3.63, 3.8) is 0 Å². The molecular weight excluding hydrogens is 302 g/mol. The molecule has 2 aromatic rings. The van der Waals surface area contributed by atoms with Crippen LogP contribution in [0.15, 0.2) is 59.5 Å². The summed E-state index contributed by atoms with van der Waals surface area (Å²) in [6.45, 7) is 3.57. The molecule has 0 atom stereocenters. The van der Waals surface area contributed by atoms with Gasteiger partial charge in [0.05, 0.1) is 4.90 Å². The molecule has 0 saturated carbocycles. The minimum atomic E-state index is -3.60. The van der Waals surface area contributed by atoms with E-state index in [1.807, 2.05) is 24.3 Å². The summed E-state index contributed by atoms with van der Waals surface area (Å²) in [5.74, 6) is -1.06. The summed E-state index contributed by atoms with van der Waals surface area (Å²) in [4.78, 5) is 10.8. The maximum Gasteiger partial charge on any atom is 0.330 e. The number of carbonyl (C=O) groups is 1. The lowest BCUT2D eigenvalue weighted by atomic mass is 10.1. The number of hydrogen-bond donors (Lipinski definition) is 2. The number of carboxylic acid groups (broad SMARTS) is 1. The molecule has 0 aliphatic rings. The Labute approximate surface area is 129 Å². The fraction of sp³-hybridized carbons (Fsp3) is 0.188. The van der Waals surface area contributed by atoms with Crippen molar-refractivity contribution in [3.05, 3.63) is 54.6 Å². The monoisotopic (exact) mass is 319 g/mol. The Bertz CT molecular complexity index is 812. The third kappa shape index (κ3) is 3.93. The number of aliphatic carboxylic acids is 1. The molecule has 2 aromatic carbocycles. The molecule has 0 fully saturated rings. The van der Waals surface area contributed by atoms with Gasteiger partial charge in [0.2, 0.25) is 10.0 Å². The Morgan fingerprint density at radius 2 is 1.82 bits per heavy atom. The van der Waals surface area contributed by atoms with Crippen molar-refractivity contribution >= 4 is 26.8 Å². The zero-order valence-corrected chi connectivity index (χ0v) is 12.8. The molecule has 22 heavy (non-hydrogen) atoms. The highest BCUT2D eigenvalue weighted by atomic mass is 32.2. The second-order valence-electron chi connectivity index (χ2n) is 4.92. The Hall–Kier alpha value is -2.18. The maximum atomic E-state index is 12.2. The van der Waals surface area contributed by atoms with E-state index in [1.54, 1.807) is 18.2 Å². The van der Waals surface area contributed by atoms with Crippen LogP contribution in [0.25, 0.3) is 10.8 Å². The van der Waals surface area contributed by atoms with E-state index in [-0.39, 0.29) is 23.4 Å². The van der Waals surface area contributed by atoms with Crippen molar-refractivity contribution in [2.75, 3.05) is 6.54 Å². The summed E-state index contributed by atoms with van der Waals surface area (Å²) in [7, 11) is -3.60. The van der Waals surface area contributed by atoms with Gasteiger partial charge in [-0.25, -0.2) is 17.9 Å². The second-order valence-corrected chi connectivity index (χ2v) is 6.69. The quantitative estimate of drug-likeness (QED) is 0.607. The van der Waals surface area contributed by atoms with Gasteiger partial charge in [0, 0.05) is 12.1 Å². The minimum Gasteiger partial charge on any atom is -0.478 e. The summed E-state index contributed by atoms with van der Waals surface area (Å²) in [5, 5.41) is 10.5. The molecule has 5 nitrogen and oxygen atoms in total. The van der Waals surface area contributed by atoms with Gasteiger partial charge < -0.3 is 5.11 Å². The second kappa shape index (κ2) is 6.72. The SMILES string of the molecule is C=C(CCCNS(=O)(=O)c1ccc2ccccc2c1)C(=O)O. The highest BCUT2D eigenvalue weighted by molar-refractivity contribution is 7.89. The van der Waals surface area contributed by atoms with Gasteiger partial charge in [0.25, 0.3) is 0 Å². The van der Waals surface area contributed by atoms with E-state index in [0.717, 1.165) is 10.8 Å². The zero-order chi connectivity index (χ0) is 16.2. The number of carboxylic acids is 1. The third-order valence-electron chi connectivity index (χ3n) is 3.28. The van der Waals surface area contributed by atoms with Crippen molar-refractivity contribution in [2.45, 2.75) is 17.7 Å². The Morgan fingerprint density at radius 3 is 2.50 bits per heavy atom. The molecule has 0 spiro atoms. The van der Waals surface area contributed by atoms with Crippen LogP contribution < -0.4 is 4.72 Å². The van der Waals surface area contributed by atoms with Gasteiger partial charge in [-0.1, -0.05) is 36.9 Å². The number of nitrogens with one attached hydrogen (secondary N) is 1. The molecule has 0 heterocycles. The predicted octanol–water partition coefficient (Wildman–Crippen LogP) is 2.54. The molecule has 2 N–H and O–H groups in total. The van der Waals surface area contributed by atoms with E-state index in [1.165, 1.54) is 0 Å². The Kier molecular flexibility index (Phi) is 4.95. The molecule has 0 aliphatic heterocycles. The third-order valence-corrected chi connectivity index (χ3v) is 4.74. The van der Waals surface area contributed by atoms with Crippen molar-refractivity contribution in [1.82, 2.24) is 4.72 Å². The van der Waals surface area contributed by atoms with E-state index < -0.39 is 16.0 Å². The first-order valence-corrected chi connectivity index (χ1v) is 8.28. The summed E-state index contributed by atoms with van der Waals surface area (Å²) < 4.78 is 26.9. The lowest BCUT2D eigenvalue weighted by Gasteiger charge is -2.08. The first-order valence-electron chi connectivity index (χ1n) is 6.80. The van der Waals surface area contributed by atoms with Gasteiger partial charge in [-0.15, -0.1) is 0 Å². The Morgan fingerprint density at radius 1 is 1.14 bits per heavy atom. The minimum absolute atomic E-state index is 0.0740. The number of fused-ring (bicyclic) bond motifs is 1. The molecule has 0 saturated heterocycles. The van der Waals surface area contributed by atoms with E-state index >= 15 is 0 Å². The Balaban J connectivity index is 2.02. The molecule has 2 rings (SSSR count).